The van der Waals surface area contributed by atoms with Gasteiger partial charge in [-0.15, -0.1) is 0 Å². The van der Waals surface area contributed by atoms with Gasteiger partial charge in [-0.25, -0.2) is 0 Å². The maximum atomic E-state index is 6.03. The van der Waals surface area contributed by atoms with Crippen molar-refractivity contribution in [3.8, 4) is 5.75 Å². The molecule has 1 unspecified atom stereocenters. The molecule has 0 spiro atoms. The van der Waals surface area contributed by atoms with Gasteiger partial charge in [0.15, 0.2) is 0 Å². The van der Waals surface area contributed by atoms with Crippen LogP contribution in [-0.4, -0.2) is 11.6 Å². The molecule has 2 aromatic rings. The van der Waals surface area contributed by atoms with Crippen molar-refractivity contribution in [2.45, 2.75) is 12.5 Å². The van der Waals surface area contributed by atoms with Crippen molar-refractivity contribution in [2.24, 2.45) is 5.73 Å². The van der Waals surface area contributed by atoms with Gasteiger partial charge >= 0.3 is 0 Å². The zero-order chi connectivity index (χ0) is 12.8. The number of rotatable bonds is 5. The Bertz CT molecular complexity index is 473. The summed E-state index contributed by atoms with van der Waals surface area (Å²) in [5, 5.41) is 0. The molecule has 0 amide bonds. The van der Waals surface area contributed by atoms with E-state index in [1.54, 1.807) is 6.20 Å². The maximum Gasteiger partial charge on any atom is 0.119 e. The first-order valence-corrected chi connectivity index (χ1v) is 6.60. The third kappa shape index (κ3) is 3.82. The van der Waals surface area contributed by atoms with Gasteiger partial charge in [0.2, 0.25) is 0 Å². The fraction of sp³-hybridized carbons (Fsp3) is 0.214. The van der Waals surface area contributed by atoms with Crippen LogP contribution in [0.2, 0.25) is 0 Å². The minimum absolute atomic E-state index is 0.0818. The summed E-state index contributed by atoms with van der Waals surface area (Å²) >= 11 is 3.38. The predicted octanol–water partition coefficient (Wildman–Crippen LogP) is 3.31. The first kappa shape index (κ1) is 13.1. The highest BCUT2D eigenvalue weighted by atomic mass is 79.9. The number of hydrogen-bond acceptors (Lipinski definition) is 3. The van der Waals surface area contributed by atoms with Gasteiger partial charge in [-0.3, -0.25) is 4.98 Å². The molecule has 0 saturated carbocycles. The van der Waals surface area contributed by atoms with Crippen LogP contribution in [0.4, 0.5) is 0 Å². The lowest BCUT2D eigenvalue weighted by Crippen LogP contribution is -2.15. The van der Waals surface area contributed by atoms with Gasteiger partial charge in [-0.1, -0.05) is 22.0 Å². The molecule has 1 aromatic heterocycles. The van der Waals surface area contributed by atoms with E-state index in [-0.39, 0.29) is 6.04 Å². The Morgan fingerprint density at radius 3 is 2.61 bits per heavy atom. The second-order valence-electron chi connectivity index (χ2n) is 3.95. The van der Waals surface area contributed by atoms with Crippen molar-refractivity contribution in [3.63, 3.8) is 0 Å². The number of ether oxygens (including phenoxy) is 1. The summed E-state index contributed by atoms with van der Waals surface area (Å²) in [7, 11) is 0. The molecule has 0 aliphatic carbocycles. The van der Waals surface area contributed by atoms with Crippen LogP contribution in [0, 0.1) is 0 Å². The average Bonchev–Trinajstić information content (AvgIpc) is 2.42. The third-order valence-electron chi connectivity index (χ3n) is 2.58. The Labute approximate surface area is 115 Å². The smallest absolute Gasteiger partial charge is 0.119 e. The Balaban J connectivity index is 1.80. The van der Waals surface area contributed by atoms with Crippen LogP contribution in [0.5, 0.6) is 5.75 Å². The molecule has 94 valence electrons. The number of nitrogens with zero attached hydrogens (tertiary/aromatic N) is 1. The fourth-order valence-electron chi connectivity index (χ4n) is 1.58. The minimum Gasteiger partial charge on any atom is -0.494 e. The van der Waals surface area contributed by atoms with E-state index in [0.717, 1.165) is 22.3 Å². The molecule has 1 heterocycles. The lowest BCUT2D eigenvalue weighted by atomic mass is 10.1. The fourth-order valence-corrected chi connectivity index (χ4v) is 1.84. The van der Waals surface area contributed by atoms with Crippen LogP contribution in [-0.2, 0) is 0 Å². The molecule has 2 rings (SSSR count). The standard InChI is InChI=1S/C14H15BrN2O/c15-11-4-6-12(7-5-11)18-10-8-13(16)14-3-1-2-9-17-14/h1-7,9,13H,8,10,16H2. The van der Waals surface area contributed by atoms with Gasteiger partial charge < -0.3 is 10.5 Å². The van der Waals surface area contributed by atoms with Gasteiger partial charge in [0.05, 0.1) is 18.3 Å². The van der Waals surface area contributed by atoms with Gasteiger partial charge in [0.25, 0.3) is 0 Å². The number of pyridine rings is 1. The van der Waals surface area contributed by atoms with Crippen LogP contribution in [0.1, 0.15) is 18.2 Å². The van der Waals surface area contributed by atoms with E-state index in [1.165, 1.54) is 0 Å². The largest absolute Gasteiger partial charge is 0.494 e. The van der Waals surface area contributed by atoms with Gasteiger partial charge in [0.1, 0.15) is 5.75 Å². The van der Waals surface area contributed by atoms with E-state index in [2.05, 4.69) is 20.9 Å². The van der Waals surface area contributed by atoms with Crippen LogP contribution < -0.4 is 10.5 Å². The van der Waals surface area contributed by atoms with Crippen molar-refractivity contribution in [3.05, 3.63) is 58.8 Å². The van der Waals surface area contributed by atoms with E-state index in [4.69, 9.17) is 10.5 Å². The third-order valence-corrected chi connectivity index (χ3v) is 3.11. The van der Waals surface area contributed by atoms with Crippen molar-refractivity contribution in [1.82, 2.24) is 4.98 Å². The summed E-state index contributed by atoms with van der Waals surface area (Å²) in [6.07, 6.45) is 2.50. The molecule has 0 fully saturated rings. The van der Waals surface area contributed by atoms with E-state index in [9.17, 15) is 0 Å². The Morgan fingerprint density at radius 2 is 1.94 bits per heavy atom. The first-order chi connectivity index (χ1) is 8.75. The molecule has 0 radical (unpaired) electrons. The zero-order valence-corrected chi connectivity index (χ0v) is 11.5. The van der Waals surface area contributed by atoms with E-state index in [1.807, 2.05) is 42.5 Å². The molecule has 1 aromatic carbocycles. The molecule has 4 heteroatoms. The average molecular weight is 307 g/mol. The second-order valence-corrected chi connectivity index (χ2v) is 4.87. The van der Waals surface area contributed by atoms with E-state index < -0.39 is 0 Å². The highest BCUT2D eigenvalue weighted by molar-refractivity contribution is 9.10. The SMILES string of the molecule is NC(CCOc1ccc(Br)cc1)c1ccccn1. The Kier molecular flexibility index (Phi) is 4.73. The number of nitrogens with two attached hydrogens (primary N) is 1. The van der Waals surface area contributed by atoms with Gasteiger partial charge in [0, 0.05) is 17.1 Å². The highest BCUT2D eigenvalue weighted by Crippen LogP contribution is 2.17. The Morgan fingerprint density at radius 1 is 1.17 bits per heavy atom. The van der Waals surface area contributed by atoms with Crippen molar-refractivity contribution in [1.29, 1.82) is 0 Å². The highest BCUT2D eigenvalue weighted by Gasteiger charge is 2.06. The van der Waals surface area contributed by atoms with Gasteiger partial charge in [-0.2, -0.15) is 0 Å². The molecular weight excluding hydrogens is 292 g/mol. The second kappa shape index (κ2) is 6.52. The first-order valence-electron chi connectivity index (χ1n) is 5.80. The van der Waals surface area contributed by atoms with Crippen molar-refractivity contribution < 1.29 is 4.74 Å². The van der Waals surface area contributed by atoms with Crippen LogP contribution >= 0.6 is 15.9 Å². The molecule has 1 atom stereocenters. The molecule has 2 N–H and O–H groups in total. The van der Waals surface area contributed by atoms with E-state index in [0.29, 0.717) is 6.61 Å². The molecule has 0 aliphatic rings. The minimum atomic E-state index is -0.0818. The quantitative estimate of drug-likeness (QED) is 0.922. The zero-order valence-electron chi connectivity index (χ0n) is 9.92. The molecule has 0 saturated heterocycles. The monoisotopic (exact) mass is 306 g/mol. The lowest BCUT2D eigenvalue weighted by Gasteiger charge is -2.11. The molecule has 0 aliphatic heterocycles. The summed E-state index contributed by atoms with van der Waals surface area (Å²) in [5.74, 6) is 0.853. The number of aromatic nitrogens is 1. The number of benzene rings is 1. The lowest BCUT2D eigenvalue weighted by molar-refractivity contribution is 0.297. The maximum absolute atomic E-state index is 6.03. The Hall–Kier alpha value is -1.39. The predicted molar refractivity (Wildman–Crippen MR) is 75.4 cm³/mol. The van der Waals surface area contributed by atoms with Crippen molar-refractivity contribution in [2.75, 3.05) is 6.61 Å². The molecular formula is C14H15BrN2O. The van der Waals surface area contributed by atoms with Gasteiger partial charge in [-0.05, 0) is 36.4 Å². The van der Waals surface area contributed by atoms with Crippen LogP contribution in [0.25, 0.3) is 0 Å². The number of hydrogen-bond donors (Lipinski definition) is 1. The summed E-state index contributed by atoms with van der Waals surface area (Å²) in [4.78, 5) is 4.23. The number of halogens is 1. The molecule has 3 nitrogen and oxygen atoms in total. The summed E-state index contributed by atoms with van der Waals surface area (Å²) in [6.45, 7) is 0.583. The molecule has 0 bridgehead atoms. The normalized spacial score (nSPS) is 12.1. The summed E-state index contributed by atoms with van der Waals surface area (Å²) in [6, 6.07) is 13.4. The topological polar surface area (TPSA) is 48.1 Å². The van der Waals surface area contributed by atoms with Crippen molar-refractivity contribution >= 4 is 15.9 Å². The van der Waals surface area contributed by atoms with Crippen LogP contribution in [0.15, 0.2) is 53.1 Å². The van der Waals surface area contributed by atoms with E-state index >= 15 is 0 Å². The van der Waals surface area contributed by atoms with Crippen LogP contribution in [0.3, 0.4) is 0 Å². The molecule has 18 heavy (non-hydrogen) atoms. The summed E-state index contributed by atoms with van der Waals surface area (Å²) in [5.41, 5.74) is 6.93. The summed E-state index contributed by atoms with van der Waals surface area (Å²) < 4.78 is 6.67.